The quantitative estimate of drug-likeness (QED) is 0.915. The molecule has 2 aromatic rings. The standard InChI is InChI=1S/C14H16N2O3/c1-9-11(19-14(15-2)16-9)5-3-10-4-6-12-13(7-10)18-8-17-12/h4,6-7H,3,5,8H2,1-2H3,(H,15,16). The highest BCUT2D eigenvalue weighted by Crippen LogP contribution is 2.32. The van der Waals surface area contributed by atoms with Crippen LogP contribution in [0.1, 0.15) is 17.0 Å². The molecule has 19 heavy (non-hydrogen) atoms. The third-order valence-electron chi connectivity index (χ3n) is 3.18. The maximum atomic E-state index is 5.60. The average Bonchev–Trinajstić information content (AvgIpc) is 3.02. The van der Waals surface area contributed by atoms with Gasteiger partial charge in [-0.2, -0.15) is 4.98 Å². The van der Waals surface area contributed by atoms with Crippen LogP contribution in [0.3, 0.4) is 0 Å². The summed E-state index contributed by atoms with van der Waals surface area (Å²) in [7, 11) is 1.80. The zero-order chi connectivity index (χ0) is 13.2. The molecule has 0 fully saturated rings. The molecule has 1 aliphatic rings. The molecule has 5 nitrogen and oxygen atoms in total. The van der Waals surface area contributed by atoms with Gasteiger partial charge in [0.15, 0.2) is 11.5 Å². The van der Waals surface area contributed by atoms with Gasteiger partial charge in [-0.15, -0.1) is 0 Å². The second-order valence-electron chi connectivity index (χ2n) is 4.47. The summed E-state index contributed by atoms with van der Waals surface area (Å²) in [4.78, 5) is 4.28. The molecule has 1 aliphatic heterocycles. The summed E-state index contributed by atoms with van der Waals surface area (Å²) in [6.45, 7) is 2.27. The number of aryl methyl sites for hydroxylation is 3. The van der Waals surface area contributed by atoms with Crippen LogP contribution >= 0.6 is 0 Å². The fourth-order valence-electron chi connectivity index (χ4n) is 2.12. The molecule has 1 aromatic carbocycles. The van der Waals surface area contributed by atoms with E-state index < -0.39 is 0 Å². The molecule has 0 saturated heterocycles. The minimum absolute atomic E-state index is 0.311. The molecule has 0 spiro atoms. The Labute approximate surface area is 111 Å². The Hall–Kier alpha value is -2.17. The highest BCUT2D eigenvalue weighted by molar-refractivity contribution is 5.44. The van der Waals surface area contributed by atoms with Gasteiger partial charge in [0, 0.05) is 13.5 Å². The van der Waals surface area contributed by atoms with Crippen LogP contribution < -0.4 is 14.8 Å². The van der Waals surface area contributed by atoms with Crippen molar-refractivity contribution in [1.29, 1.82) is 0 Å². The molecule has 3 rings (SSSR count). The first kappa shape index (κ1) is 11.9. The van der Waals surface area contributed by atoms with Gasteiger partial charge in [-0.25, -0.2) is 0 Å². The molecule has 0 radical (unpaired) electrons. The molecule has 5 heteroatoms. The van der Waals surface area contributed by atoms with Gasteiger partial charge in [0.05, 0.1) is 5.69 Å². The summed E-state index contributed by atoms with van der Waals surface area (Å²) < 4.78 is 16.3. The zero-order valence-electron chi connectivity index (χ0n) is 11.0. The molecule has 0 unspecified atom stereocenters. The molecule has 0 atom stereocenters. The van der Waals surface area contributed by atoms with E-state index in [0.717, 1.165) is 35.8 Å². The first-order valence-electron chi connectivity index (χ1n) is 6.29. The van der Waals surface area contributed by atoms with Gasteiger partial charge in [0.2, 0.25) is 6.79 Å². The minimum atomic E-state index is 0.311. The highest BCUT2D eigenvalue weighted by Gasteiger charge is 2.14. The van der Waals surface area contributed by atoms with Crippen LogP contribution in [0.5, 0.6) is 11.5 Å². The second-order valence-corrected chi connectivity index (χ2v) is 4.47. The van der Waals surface area contributed by atoms with Crippen molar-refractivity contribution in [2.75, 3.05) is 19.2 Å². The molecular formula is C14H16N2O3. The first-order chi connectivity index (χ1) is 9.26. The summed E-state index contributed by atoms with van der Waals surface area (Å²) in [5.41, 5.74) is 2.14. The number of anilines is 1. The number of nitrogens with one attached hydrogen (secondary N) is 1. The lowest BCUT2D eigenvalue weighted by atomic mass is 10.1. The Morgan fingerprint density at radius 1 is 1.21 bits per heavy atom. The number of oxazole rings is 1. The third kappa shape index (κ3) is 2.36. The van der Waals surface area contributed by atoms with Crippen LogP contribution in [0, 0.1) is 6.92 Å². The molecule has 1 N–H and O–H groups in total. The van der Waals surface area contributed by atoms with Gasteiger partial charge in [0.1, 0.15) is 5.76 Å². The van der Waals surface area contributed by atoms with Gasteiger partial charge < -0.3 is 19.2 Å². The Bertz CT molecular complexity index is 592. The monoisotopic (exact) mass is 260 g/mol. The largest absolute Gasteiger partial charge is 0.454 e. The van der Waals surface area contributed by atoms with Crippen LogP contribution in [0.2, 0.25) is 0 Å². The molecule has 1 aromatic heterocycles. The Morgan fingerprint density at radius 3 is 2.84 bits per heavy atom. The summed E-state index contributed by atoms with van der Waals surface area (Å²) >= 11 is 0. The molecule has 0 aliphatic carbocycles. The lowest BCUT2D eigenvalue weighted by molar-refractivity contribution is 0.174. The number of hydrogen-bond acceptors (Lipinski definition) is 5. The predicted octanol–water partition coefficient (Wildman–Crippen LogP) is 2.54. The van der Waals surface area contributed by atoms with Gasteiger partial charge in [-0.1, -0.05) is 6.07 Å². The fourth-order valence-corrected chi connectivity index (χ4v) is 2.12. The molecule has 0 bridgehead atoms. The van der Waals surface area contributed by atoms with E-state index in [1.165, 1.54) is 5.56 Å². The molecule has 2 heterocycles. The van der Waals surface area contributed by atoms with Crippen molar-refractivity contribution in [3.05, 3.63) is 35.2 Å². The number of hydrogen-bond donors (Lipinski definition) is 1. The lowest BCUT2D eigenvalue weighted by Gasteiger charge is -2.02. The van der Waals surface area contributed by atoms with E-state index in [1.54, 1.807) is 7.05 Å². The van der Waals surface area contributed by atoms with Crippen LogP contribution in [-0.2, 0) is 12.8 Å². The van der Waals surface area contributed by atoms with E-state index in [9.17, 15) is 0 Å². The van der Waals surface area contributed by atoms with Crippen molar-refractivity contribution < 1.29 is 13.9 Å². The van der Waals surface area contributed by atoms with Gasteiger partial charge in [-0.3, -0.25) is 0 Å². The smallest absolute Gasteiger partial charge is 0.294 e. The number of nitrogens with zero attached hydrogens (tertiary/aromatic N) is 1. The van der Waals surface area contributed by atoms with E-state index in [4.69, 9.17) is 13.9 Å². The van der Waals surface area contributed by atoms with Gasteiger partial charge in [0.25, 0.3) is 6.01 Å². The van der Waals surface area contributed by atoms with Crippen LogP contribution in [0.4, 0.5) is 6.01 Å². The second kappa shape index (κ2) is 4.84. The topological polar surface area (TPSA) is 56.5 Å². The van der Waals surface area contributed by atoms with Crippen molar-refractivity contribution >= 4 is 6.01 Å². The van der Waals surface area contributed by atoms with Crippen molar-refractivity contribution in [2.24, 2.45) is 0 Å². The number of benzene rings is 1. The summed E-state index contributed by atoms with van der Waals surface area (Å²) in [6, 6.07) is 6.59. The maximum Gasteiger partial charge on any atom is 0.294 e. The van der Waals surface area contributed by atoms with Crippen molar-refractivity contribution in [3.8, 4) is 11.5 Å². The Balaban J connectivity index is 1.70. The van der Waals surface area contributed by atoms with Crippen LogP contribution in [-0.4, -0.2) is 18.8 Å². The van der Waals surface area contributed by atoms with Crippen molar-refractivity contribution in [1.82, 2.24) is 4.98 Å². The van der Waals surface area contributed by atoms with Crippen LogP contribution in [0.25, 0.3) is 0 Å². The zero-order valence-corrected chi connectivity index (χ0v) is 11.0. The van der Waals surface area contributed by atoms with E-state index >= 15 is 0 Å². The van der Waals surface area contributed by atoms with Gasteiger partial charge in [-0.05, 0) is 31.0 Å². The Kier molecular flexibility index (Phi) is 3.03. The maximum absolute atomic E-state index is 5.60. The van der Waals surface area contributed by atoms with E-state index in [2.05, 4.69) is 16.4 Å². The fraction of sp³-hybridized carbons (Fsp3) is 0.357. The highest BCUT2D eigenvalue weighted by atomic mass is 16.7. The summed E-state index contributed by atoms with van der Waals surface area (Å²) in [6.07, 6.45) is 1.70. The predicted molar refractivity (Wildman–Crippen MR) is 70.8 cm³/mol. The molecule has 0 saturated carbocycles. The van der Waals surface area contributed by atoms with E-state index in [1.807, 2.05) is 19.1 Å². The number of ether oxygens (including phenoxy) is 2. The molecular weight excluding hydrogens is 244 g/mol. The van der Waals surface area contributed by atoms with E-state index in [-0.39, 0.29) is 0 Å². The van der Waals surface area contributed by atoms with Crippen molar-refractivity contribution in [2.45, 2.75) is 19.8 Å². The molecule has 100 valence electrons. The number of aromatic nitrogens is 1. The minimum Gasteiger partial charge on any atom is -0.454 e. The Morgan fingerprint density at radius 2 is 2.05 bits per heavy atom. The normalized spacial score (nSPS) is 12.7. The number of fused-ring (bicyclic) bond motifs is 1. The van der Waals surface area contributed by atoms with Gasteiger partial charge >= 0.3 is 0 Å². The SMILES string of the molecule is CNc1nc(C)c(CCc2ccc3c(c2)OCO3)o1. The van der Waals surface area contributed by atoms with Crippen molar-refractivity contribution in [3.63, 3.8) is 0 Å². The first-order valence-corrected chi connectivity index (χ1v) is 6.29. The van der Waals surface area contributed by atoms with E-state index in [0.29, 0.717) is 12.8 Å². The summed E-state index contributed by atoms with van der Waals surface area (Å²) in [5, 5.41) is 2.91. The lowest BCUT2D eigenvalue weighted by Crippen LogP contribution is -1.93. The third-order valence-corrected chi connectivity index (χ3v) is 3.18. The molecule has 0 amide bonds. The average molecular weight is 260 g/mol. The summed E-state index contributed by atoms with van der Waals surface area (Å²) in [5.74, 6) is 2.56. The number of rotatable bonds is 4. The van der Waals surface area contributed by atoms with Crippen LogP contribution in [0.15, 0.2) is 22.6 Å².